The minimum atomic E-state index is -4.51. The highest BCUT2D eigenvalue weighted by Crippen LogP contribution is 2.46. The van der Waals surface area contributed by atoms with Crippen molar-refractivity contribution < 1.29 is 42.4 Å². The molecule has 7 atom stereocenters. The van der Waals surface area contributed by atoms with Gasteiger partial charge in [0.25, 0.3) is 0 Å². The number of nitrogens with zero attached hydrogens (tertiary/aromatic N) is 5. The second kappa shape index (κ2) is 14.3. The van der Waals surface area contributed by atoms with Crippen molar-refractivity contribution in [2.75, 3.05) is 12.3 Å². The van der Waals surface area contributed by atoms with E-state index in [0.29, 0.717) is 25.7 Å². The highest BCUT2D eigenvalue weighted by atomic mass is 31.2. The fourth-order valence-electron chi connectivity index (χ4n) is 5.35. The SMILES string of the molecule is CC(NP(=O)(N[C@@H](C)C(=O)OC1CCCC1)OC[C@@]1(N=[N+]=[N-])O[C@@H](n2ccc(N)nc2=O)[C@H](O)[C@@H]1F)C(=O)OC1CCCC1. The average molecular weight is 645 g/mol. The number of aliphatic hydroxyl groups excluding tert-OH is 1. The molecule has 1 aromatic rings. The van der Waals surface area contributed by atoms with Crippen LogP contribution in [0.3, 0.4) is 0 Å². The minimum absolute atomic E-state index is 0.139. The molecular formula is C25H38FN8O9P. The zero-order valence-electron chi connectivity index (χ0n) is 24.4. The molecule has 2 unspecified atom stereocenters. The Morgan fingerprint density at radius 1 is 1.20 bits per heavy atom. The number of hydrogen-bond donors (Lipinski definition) is 4. The third kappa shape index (κ3) is 7.93. The number of rotatable bonds is 13. The zero-order valence-corrected chi connectivity index (χ0v) is 25.3. The summed E-state index contributed by atoms with van der Waals surface area (Å²) in [7, 11) is -4.51. The molecule has 0 spiro atoms. The van der Waals surface area contributed by atoms with Crippen molar-refractivity contribution in [2.24, 2.45) is 5.11 Å². The third-order valence-electron chi connectivity index (χ3n) is 7.74. The first-order valence-electron chi connectivity index (χ1n) is 14.5. The lowest BCUT2D eigenvalue weighted by Gasteiger charge is -2.31. The summed E-state index contributed by atoms with van der Waals surface area (Å²) in [6.07, 6.45) is 0.595. The van der Waals surface area contributed by atoms with Crippen molar-refractivity contribution in [2.45, 2.75) is 114 Å². The fraction of sp³-hybridized carbons (Fsp3) is 0.760. The lowest BCUT2D eigenvalue weighted by Crippen LogP contribution is -2.46. The van der Waals surface area contributed by atoms with Gasteiger partial charge < -0.3 is 29.6 Å². The summed E-state index contributed by atoms with van der Waals surface area (Å²) in [5, 5.41) is 19.0. The highest BCUT2D eigenvalue weighted by molar-refractivity contribution is 7.54. The summed E-state index contributed by atoms with van der Waals surface area (Å²) < 4.78 is 52.6. The van der Waals surface area contributed by atoms with Gasteiger partial charge in [-0.3, -0.25) is 18.7 Å². The Morgan fingerprint density at radius 2 is 1.73 bits per heavy atom. The smallest absolute Gasteiger partial charge is 0.351 e. The first kappa shape index (κ1) is 33.8. The molecule has 17 nitrogen and oxygen atoms in total. The number of aromatic nitrogens is 2. The van der Waals surface area contributed by atoms with E-state index in [1.54, 1.807) is 0 Å². The van der Waals surface area contributed by atoms with Crippen LogP contribution in [-0.2, 0) is 32.9 Å². The van der Waals surface area contributed by atoms with E-state index >= 15 is 4.39 Å². The molecule has 4 rings (SSSR count). The van der Waals surface area contributed by atoms with Gasteiger partial charge >= 0.3 is 25.3 Å². The molecule has 244 valence electrons. The Bertz CT molecular complexity index is 1310. The lowest BCUT2D eigenvalue weighted by molar-refractivity contribution is -0.150. The summed E-state index contributed by atoms with van der Waals surface area (Å²) in [4.78, 5) is 44.0. The van der Waals surface area contributed by atoms with Gasteiger partial charge in [0, 0.05) is 11.1 Å². The van der Waals surface area contributed by atoms with Crippen LogP contribution >= 0.6 is 7.67 Å². The van der Waals surface area contributed by atoms with Crippen LogP contribution in [0, 0.1) is 0 Å². The quantitative estimate of drug-likeness (QED) is 0.0791. The lowest BCUT2D eigenvalue weighted by atomic mass is 10.1. The molecule has 0 amide bonds. The van der Waals surface area contributed by atoms with E-state index in [9.17, 15) is 29.6 Å². The van der Waals surface area contributed by atoms with Gasteiger partial charge in [-0.2, -0.15) is 4.98 Å². The predicted octanol–water partition coefficient (Wildman–Crippen LogP) is 2.11. The molecule has 3 fully saturated rings. The van der Waals surface area contributed by atoms with Crippen LogP contribution in [-0.4, -0.2) is 75.5 Å². The molecule has 0 bridgehead atoms. The number of nitrogens with two attached hydrogens (primary N) is 1. The number of hydrogen-bond acceptors (Lipinski definition) is 12. The van der Waals surface area contributed by atoms with Crippen molar-refractivity contribution in [3.63, 3.8) is 0 Å². The van der Waals surface area contributed by atoms with Crippen LogP contribution in [0.15, 0.2) is 22.2 Å². The van der Waals surface area contributed by atoms with Crippen LogP contribution in [0.4, 0.5) is 10.2 Å². The standard InChI is InChI=1S/C25H38FN8O9P/c1-14(22(36)41-16-7-3-4-8-16)30-44(39,31-15(2)23(37)42-17-9-5-6-10-17)40-13-25(32-33-28)20(26)19(35)21(43-25)34-12-11-18(27)29-24(34)38/h11-12,14-17,19-21,35H,3-10,13H2,1-2H3,(H2,27,29,38)(H2,30,31,39)/t14-,15?,19+,20-,21+,25+,44?/m0/s1. The van der Waals surface area contributed by atoms with E-state index in [1.165, 1.54) is 19.9 Å². The van der Waals surface area contributed by atoms with Crippen LogP contribution in [0.2, 0.25) is 0 Å². The van der Waals surface area contributed by atoms with Gasteiger partial charge in [-0.1, -0.05) is 5.11 Å². The summed E-state index contributed by atoms with van der Waals surface area (Å²) in [5.74, 6) is -1.61. The van der Waals surface area contributed by atoms with Crippen LogP contribution in [0.25, 0.3) is 10.4 Å². The Kier molecular flexibility index (Phi) is 11.0. The number of halogens is 1. The summed E-state index contributed by atoms with van der Waals surface area (Å²) >= 11 is 0. The van der Waals surface area contributed by atoms with Gasteiger partial charge in [0.05, 0.1) is 6.61 Å². The third-order valence-corrected chi connectivity index (χ3v) is 9.69. The number of carbonyl (C=O) groups is 2. The number of nitrogens with one attached hydrogen (secondary N) is 2. The second-order valence-corrected chi connectivity index (χ2v) is 13.1. The molecular weight excluding hydrogens is 606 g/mol. The Balaban J connectivity index is 1.55. The molecule has 1 saturated heterocycles. The molecule has 2 heterocycles. The van der Waals surface area contributed by atoms with Crippen molar-refractivity contribution in [3.8, 4) is 0 Å². The number of nitrogen functional groups attached to an aromatic ring is 1. The summed E-state index contributed by atoms with van der Waals surface area (Å²) in [6, 6.07) is -1.26. The first-order valence-corrected chi connectivity index (χ1v) is 16.1. The van der Waals surface area contributed by atoms with E-state index < -0.39 is 68.2 Å². The molecule has 3 aliphatic rings. The van der Waals surface area contributed by atoms with Crippen molar-refractivity contribution >= 4 is 25.4 Å². The largest absolute Gasteiger partial charge is 0.461 e. The van der Waals surface area contributed by atoms with Crippen LogP contribution in [0.1, 0.15) is 71.4 Å². The van der Waals surface area contributed by atoms with Crippen molar-refractivity contribution in [1.82, 2.24) is 19.7 Å². The molecule has 2 saturated carbocycles. The topological polar surface area (TPSA) is 242 Å². The number of anilines is 1. The van der Waals surface area contributed by atoms with E-state index in [-0.39, 0.29) is 18.0 Å². The normalized spacial score (nSPS) is 28.6. The monoisotopic (exact) mass is 644 g/mol. The molecule has 19 heteroatoms. The van der Waals surface area contributed by atoms with Gasteiger partial charge in [-0.05, 0) is 76.8 Å². The number of carbonyl (C=O) groups excluding carboxylic acids is 2. The van der Waals surface area contributed by atoms with Gasteiger partial charge in [0.15, 0.2) is 12.4 Å². The molecule has 1 aromatic heterocycles. The number of ether oxygens (including phenoxy) is 3. The average Bonchev–Trinajstić information content (AvgIpc) is 3.72. The number of esters is 2. The maximum atomic E-state index is 15.6. The van der Waals surface area contributed by atoms with Crippen LogP contribution in [0.5, 0.6) is 0 Å². The summed E-state index contributed by atoms with van der Waals surface area (Å²) in [5.41, 5.74) is 11.1. The molecule has 44 heavy (non-hydrogen) atoms. The minimum Gasteiger partial charge on any atom is -0.461 e. The molecule has 1 aliphatic heterocycles. The van der Waals surface area contributed by atoms with Gasteiger partial charge in [-0.25, -0.2) is 19.4 Å². The number of alkyl halides is 1. The van der Waals surface area contributed by atoms with Crippen molar-refractivity contribution in [1.29, 1.82) is 0 Å². The second-order valence-electron chi connectivity index (χ2n) is 11.2. The van der Waals surface area contributed by atoms with Gasteiger partial charge in [-0.15, -0.1) is 0 Å². The van der Waals surface area contributed by atoms with E-state index in [4.69, 9.17) is 24.5 Å². The molecule has 0 radical (unpaired) electrons. The maximum absolute atomic E-state index is 15.6. The zero-order chi connectivity index (χ0) is 32.1. The Labute approximate surface area is 252 Å². The summed E-state index contributed by atoms with van der Waals surface area (Å²) in [6.45, 7) is 1.64. The number of aliphatic hydroxyl groups is 1. The fourth-order valence-corrected chi connectivity index (χ4v) is 7.17. The molecule has 2 aliphatic carbocycles. The molecule has 0 aromatic carbocycles. The Morgan fingerprint density at radius 3 is 2.20 bits per heavy atom. The van der Waals surface area contributed by atoms with Crippen molar-refractivity contribution in [3.05, 3.63) is 33.2 Å². The van der Waals surface area contributed by atoms with E-state index in [1.807, 2.05) is 0 Å². The first-order chi connectivity index (χ1) is 20.9. The van der Waals surface area contributed by atoms with Crippen LogP contribution < -0.4 is 21.6 Å². The van der Waals surface area contributed by atoms with Gasteiger partial charge in [0.1, 0.15) is 36.2 Å². The Hall–Kier alpha value is -3.11. The van der Waals surface area contributed by atoms with Gasteiger partial charge in [0.2, 0.25) is 5.72 Å². The highest BCUT2D eigenvalue weighted by Gasteiger charge is 2.57. The van der Waals surface area contributed by atoms with E-state index in [2.05, 4.69) is 25.2 Å². The van der Waals surface area contributed by atoms with E-state index in [0.717, 1.165) is 36.4 Å². The maximum Gasteiger partial charge on any atom is 0.351 e. The predicted molar refractivity (Wildman–Crippen MR) is 151 cm³/mol. The number of azide groups is 1. The molecule has 5 N–H and O–H groups in total.